The third kappa shape index (κ3) is 5.29. The van der Waals surface area contributed by atoms with Gasteiger partial charge in [-0.15, -0.1) is 0 Å². The second-order valence-electron chi connectivity index (χ2n) is 7.84. The van der Waals surface area contributed by atoms with Crippen LogP contribution in [-0.2, 0) is 17.9 Å². The van der Waals surface area contributed by atoms with Crippen LogP contribution >= 0.6 is 11.6 Å². The van der Waals surface area contributed by atoms with Crippen LogP contribution in [-0.4, -0.2) is 29.9 Å². The average Bonchev–Trinajstić information content (AvgIpc) is 2.95. The van der Waals surface area contributed by atoms with E-state index in [-0.39, 0.29) is 11.8 Å². The lowest BCUT2D eigenvalue weighted by atomic mass is 10.1. The van der Waals surface area contributed by atoms with E-state index in [0.29, 0.717) is 41.5 Å². The van der Waals surface area contributed by atoms with Gasteiger partial charge in [-0.2, -0.15) is 0 Å². The van der Waals surface area contributed by atoms with Crippen LogP contribution in [0, 0.1) is 0 Å². The Balaban J connectivity index is 1.58. The maximum Gasteiger partial charge on any atom is 0.264 e. The lowest BCUT2D eigenvalue weighted by molar-refractivity contribution is -0.139. The van der Waals surface area contributed by atoms with Gasteiger partial charge < -0.3 is 19.7 Å². The van der Waals surface area contributed by atoms with E-state index in [1.807, 2.05) is 37.3 Å². The molecule has 7 heteroatoms. The molecule has 2 amide bonds. The van der Waals surface area contributed by atoms with Gasteiger partial charge in [-0.25, -0.2) is 0 Å². The zero-order valence-corrected chi connectivity index (χ0v) is 19.3. The smallest absolute Gasteiger partial charge is 0.264 e. The van der Waals surface area contributed by atoms with Gasteiger partial charge in [-0.3, -0.25) is 9.59 Å². The molecular formula is C26H25ClN2O4. The molecule has 0 aromatic heterocycles. The lowest BCUT2D eigenvalue weighted by Gasteiger charge is -2.23. The maximum atomic E-state index is 13.2. The zero-order chi connectivity index (χ0) is 23.4. The number of hydrogen-bond donors (Lipinski definition) is 1. The van der Waals surface area contributed by atoms with Gasteiger partial charge >= 0.3 is 0 Å². The summed E-state index contributed by atoms with van der Waals surface area (Å²) in [5.74, 6) is 1.08. The molecule has 1 N–H and O–H groups in total. The molecular weight excluding hydrogens is 440 g/mol. The molecule has 3 aromatic rings. The van der Waals surface area contributed by atoms with E-state index >= 15 is 0 Å². The van der Waals surface area contributed by atoms with Gasteiger partial charge in [0, 0.05) is 34.9 Å². The highest BCUT2D eigenvalue weighted by Crippen LogP contribution is 2.30. The zero-order valence-electron chi connectivity index (χ0n) is 18.5. The van der Waals surface area contributed by atoms with Crippen LogP contribution in [0.5, 0.6) is 11.5 Å². The van der Waals surface area contributed by atoms with Crippen molar-refractivity contribution in [3.05, 3.63) is 88.4 Å². The van der Waals surface area contributed by atoms with Crippen molar-refractivity contribution < 1.29 is 19.1 Å². The molecule has 4 rings (SSSR count). The molecule has 170 valence electrons. The Hall–Kier alpha value is -3.51. The Morgan fingerprint density at radius 3 is 2.67 bits per heavy atom. The van der Waals surface area contributed by atoms with Crippen LogP contribution in [0.25, 0.3) is 0 Å². The van der Waals surface area contributed by atoms with Gasteiger partial charge in [0.15, 0.2) is 6.10 Å². The minimum Gasteiger partial charge on any atom is -0.497 e. The summed E-state index contributed by atoms with van der Waals surface area (Å²) in [6.45, 7) is 2.72. The van der Waals surface area contributed by atoms with Crippen molar-refractivity contribution in [2.75, 3.05) is 12.4 Å². The van der Waals surface area contributed by atoms with Crippen molar-refractivity contribution in [2.45, 2.75) is 32.5 Å². The van der Waals surface area contributed by atoms with Crippen molar-refractivity contribution in [1.29, 1.82) is 0 Å². The molecule has 3 aromatic carbocycles. The van der Waals surface area contributed by atoms with E-state index in [9.17, 15) is 9.59 Å². The molecule has 0 radical (unpaired) electrons. The standard InChI is InChI=1S/C26H25ClN2O4/c1-3-23-26(31)29(15-17-5-4-6-22(13-17)32-2)16-19-14-21(11-12-24(19)33-23)28-25(30)18-7-9-20(27)10-8-18/h4-14,23H,3,15-16H2,1-2H3,(H,28,30)/t23-/m1/s1. The summed E-state index contributed by atoms with van der Waals surface area (Å²) in [6.07, 6.45) is -0.00607. The molecule has 1 atom stereocenters. The minimum atomic E-state index is -0.564. The van der Waals surface area contributed by atoms with Crippen LogP contribution in [0.4, 0.5) is 5.69 Å². The Kier molecular flexibility index (Phi) is 6.84. The predicted octanol–water partition coefficient (Wildman–Crippen LogP) is 5.30. The summed E-state index contributed by atoms with van der Waals surface area (Å²) >= 11 is 5.91. The first-order valence-corrected chi connectivity index (χ1v) is 11.1. The van der Waals surface area contributed by atoms with E-state index in [1.54, 1.807) is 48.4 Å². The summed E-state index contributed by atoms with van der Waals surface area (Å²) < 4.78 is 11.4. The van der Waals surface area contributed by atoms with Crippen molar-refractivity contribution in [3.8, 4) is 11.5 Å². The number of ether oxygens (including phenoxy) is 2. The summed E-state index contributed by atoms with van der Waals surface area (Å²) in [6, 6.07) is 19.8. The average molecular weight is 465 g/mol. The second kappa shape index (κ2) is 9.96. The molecule has 0 bridgehead atoms. The van der Waals surface area contributed by atoms with Crippen LogP contribution in [0.15, 0.2) is 66.7 Å². The molecule has 1 aliphatic heterocycles. The first-order valence-electron chi connectivity index (χ1n) is 10.7. The van der Waals surface area contributed by atoms with Gasteiger partial charge in [0.2, 0.25) is 0 Å². The number of carbonyl (C=O) groups is 2. The molecule has 0 spiro atoms. The van der Waals surface area contributed by atoms with Crippen molar-refractivity contribution in [3.63, 3.8) is 0 Å². The van der Waals surface area contributed by atoms with Gasteiger partial charge in [0.05, 0.1) is 7.11 Å². The number of fused-ring (bicyclic) bond motifs is 1. The number of amides is 2. The van der Waals surface area contributed by atoms with Gasteiger partial charge in [0.1, 0.15) is 11.5 Å². The molecule has 0 unspecified atom stereocenters. The summed E-state index contributed by atoms with van der Waals surface area (Å²) in [5.41, 5.74) is 2.93. The molecule has 0 fully saturated rings. The van der Waals surface area contributed by atoms with Gasteiger partial charge in [0.25, 0.3) is 11.8 Å². The number of carbonyl (C=O) groups excluding carboxylic acids is 2. The van der Waals surface area contributed by atoms with Gasteiger partial charge in [-0.1, -0.05) is 30.7 Å². The highest BCUT2D eigenvalue weighted by Gasteiger charge is 2.30. The van der Waals surface area contributed by atoms with Crippen LogP contribution in [0.2, 0.25) is 5.02 Å². The normalized spacial score (nSPS) is 15.3. The quantitative estimate of drug-likeness (QED) is 0.537. The lowest BCUT2D eigenvalue weighted by Crippen LogP contribution is -2.38. The van der Waals surface area contributed by atoms with E-state index in [1.165, 1.54) is 0 Å². The SMILES string of the molecule is CC[C@H]1Oc2ccc(NC(=O)c3ccc(Cl)cc3)cc2CN(Cc2cccc(OC)c2)C1=O. The Bertz CT molecular complexity index is 1160. The van der Waals surface area contributed by atoms with E-state index in [2.05, 4.69) is 5.32 Å². The number of nitrogens with zero attached hydrogens (tertiary/aromatic N) is 1. The number of anilines is 1. The number of nitrogens with one attached hydrogen (secondary N) is 1. The van der Waals surface area contributed by atoms with Crippen molar-refractivity contribution in [2.24, 2.45) is 0 Å². The van der Waals surface area contributed by atoms with Crippen LogP contribution in [0.1, 0.15) is 34.8 Å². The molecule has 0 saturated carbocycles. The molecule has 33 heavy (non-hydrogen) atoms. The highest BCUT2D eigenvalue weighted by molar-refractivity contribution is 6.30. The number of methoxy groups -OCH3 is 1. The minimum absolute atomic E-state index is 0.0664. The fourth-order valence-electron chi connectivity index (χ4n) is 3.77. The molecule has 1 heterocycles. The number of halogens is 1. The summed E-state index contributed by atoms with van der Waals surface area (Å²) in [7, 11) is 1.62. The third-order valence-electron chi connectivity index (χ3n) is 5.52. The first-order chi connectivity index (χ1) is 16.0. The predicted molar refractivity (Wildman–Crippen MR) is 128 cm³/mol. The molecule has 0 saturated heterocycles. The fourth-order valence-corrected chi connectivity index (χ4v) is 3.90. The third-order valence-corrected chi connectivity index (χ3v) is 5.77. The van der Waals surface area contributed by atoms with E-state index < -0.39 is 6.10 Å². The molecule has 1 aliphatic rings. The van der Waals surface area contributed by atoms with Crippen molar-refractivity contribution in [1.82, 2.24) is 4.90 Å². The summed E-state index contributed by atoms with van der Waals surface area (Å²) in [4.78, 5) is 27.6. The highest BCUT2D eigenvalue weighted by atomic mass is 35.5. The van der Waals surface area contributed by atoms with E-state index in [0.717, 1.165) is 16.9 Å². The number of benzene rings is 3. The second-order valence-corrected chi connectivity index (χ2v) is 8.28. The fraction of sp³-hybridized carbons (Fsp3) is 0.231. The van der Waals surface area contributed by atoms with Gasteiger partial charge in [-0.05, 0) is 66.6 Å². The largest absolute Gasteiger partial charge is 0.497 e. The molecule has 0 aliphatic carbocycles. The first kappa shape index (κ1) is 22.7. The van der Waals surface area contributed by atoms with Crippen LogP contribution in [0.3, 0.4) is 0 Å². The number of rotatable bonds is 6. The van der Waals surface area contributed by atoms with Crippen molar-refractivity contribution >= 4 is 29.1 Å². The number of hydrogen-bond acceptors (Lipinski definition) is 4. The Morgan fingerprint density at radius 2 is 1.94 bits per heavy atom. The molecule has 6 nitrogen and oxygen atoms in total. The van der Waals surface area contributed by atoms with Crippen LogP contribution < -0.4 is 14.8 Å². The summed E-state index contributed by atoms with van der Waals surface area (Å²) in [5, 5.41) is 3.48. The monoisotopic (exact) mass is 464 g/mol. The Morgan fingerprint density at radius 1 is 1.15 bits per heavy atom. The van der Waals surface area contributed by atoms with E-state index in [4.69, 9.17) is 21.1 Å². The maximum absolute atomic E-state index is 13.2. The Labute approximate surface area is 198 Å². The topological polar surface area (TPSA) is 67.9 Å².